The molecule has 2 rings (SSSR count). The summed E-state index contributed by atoms with van der Waals surface area (Å²) >= 11 is 7.01. The van der Waals surface area contributed by atoms with Crippen LogP contribution in [0, 0.1) is 5.82 Å². The Hall–Kier alpha value is -1.72. The highest BCUT2D eigenvalue weighted by molar-refractivity contribution is 8.00. The quantitative estimate of drug-likeness (QED) is 0.667. The lowest BCUT2D eigenvalue weighted by Gasteiger charge is -2.07. The molecule has 2 aromatic rings. The smallest absolute Gasteiger partial charge is 0.234 e. The number of nitrogens with two attached hydrogens (primary N) is 1. The Morgan fingerprint density at radius 1 is 1.30 bits per heavy atom. The maximum atomic E-state index is 13.1. The first-order valence-electron chi connectivity index (χ1n) is 5.78. The lowest BCUT2D eigenvalue weighted by molar-refractivity contribution is -0.113. The van der Waals surface area contributed by atoms with Crippen molar-refractivity contribution in [2.75, 3.05) is 16.8 Å². The average molecular weight is 311 g/mol. The van der Waals surface area contributed by atoms with Crippen molar-refractivity contribution < 1.29 is 9.18 Å². The zero-order chi connectivity index (χ0) is 14.5. The van der Waals surface area contributed by atoms with Crippen molar-refractivity contribution in [2.24, 2.45) is 0 Å². The number of rotatable bonds is 4. The van der Waals surface area contributed by atoms with E-state index in [2.05, 4.69) is 5.32 Å². The van der Waals surface area contributed by atoms with E-state index in [1.807, 2.05) is 0 Å². The molecule has 3 nitrogen and oxygen atoms in total. The maximum absolute atomic E-state index is 13.1. The highest BCUT2D eigenvalue weighted by Gasteiger charge is 2.07. The van der Waals surface area contributed by atoms with Gasteiger partial charge in [0.1, 0.15) is 5.82 Å². The maximum Gasteiger partial charge on any atom is 0.234 e. The van der Waals surface area contributed by atoms with Crippen molar-refractivity contribution in [1.29, 1.82) is 0 Å². The predicted octanol–water partition coefficient (Wildman–Crippen LogP) is 3.79. The Morgan fingerprint density at radius 2 is 2.10 bits per heavy atom. The van der Waals surface area contributed by atoms with Gasteiger partial charge in [0.05, 0.1) is 5.75 Å². The highest BCUT2D eigenvalue weighted by Crippen LogP contribution is 2.26. The fraction of sp³-hybridized carbons (Fsp3) is 0.0714. The molecule has 6 heteroatoms. The molecule has 2 aromatic carbocycles. The van der Waals surface area contributed by atoms with Gasteiger partial charge >= 0.3 is 0 Å². The van der Waals surface area contributed by atoms with Crippen LogP contribution < -0.4 is 11.1 Å². The van der Waals surface area contributed by atoms with Crippen molar-refractivity contribution in [2.45, 2.75) is 4.90 Å². The normalized spacial score (nSPS) is 10.3. The summed E-state index contributed by atoms with van der Waals surface area (Å²) in [5.41, 5.74) is 6.78. The van der Waals surface area contributed by atoms with Crippen molar-refractivity contribution in [3.8, 4) is 0 Å². The van der Waals surface area contributed by atoms with Gasteiger partial charge < -0.3 is 11.1 Å². The minimum absolute atomic E-state index is 0.139. The number of nitrogen functional groups attached to an aromatic ring is 1. The Bertz CT molecular complexity index is 636. The number of anilines is 2. The van der Waals surface area contributed by atoms with E-state index in [0.717, 1.165) is 0 Å². The van der Waals surface area contributed by atoms with E-state index in [9.17, 15) is 9.18 Å². The van der Waals surface area contributed by atoms with Gasteiger partial charge in [-0.05, 0) is 36.4 Å². The molecular weight excluding hydrogens is 299 g/mol. The molecule has 0 bridgehead atoms. The molecule has 0 atom stereocenters. The van der Waals surface area contributed by atoms with Crippen molar-refractivity contribution >= 4 is 40.6 Å². The zero-order valence-electron chi connectivity index (χ0n) is 10.4. The molecule has 0 radical (unpaired) electrons. The summed E-state index contributed by atoms with van der Waals surface area (Å²) < 4.78 is 13.1. The van der Waals surface area contributed by atoms with Gasteiger partial charge in [0.15, 0.2) is 0 Å². The molecule has 0 aliphatic carbocycles. The first kappa shape index (κ1) is 14.7. The van der Waals surface area contributed by atoms with Crippen LogP contribution in [0.5, 0.6) is 0 Å². The van der Waals surface area contributed by atoms with E-state index in [0.29, 0.717) is 21.3 Å². The summed E-state index contributed by atoms with van der Waals surface area (Å²) in [5.74, 6) is -0.446. The van der Waals surface area contributed by atoms with Crippen LogP contribution in [0.2, 0.25) is 5.02 Å². The third-order valence-electron chi connectivity index (χ3n) is 2.44. The molecule has 3 N–H and O–H groups in total. The molecule has 20 heavy (non-hydrogen) atoms. The van der Waals surface area contributed by atoms with Gasteiger partial charge in [-0.15, -0.1) is 11.8 Å². The van der Waals surface area contributed by atoms with E-state index in [1.54, 1.807) is 24.3 Å². The number of hydrogen-bond acceptors (Lipinski definition) is 3. The van der Waals surface area contributed by atoms with E-state index in [-0.39, 0.29) is 17.5 Å². The van der Waals surface area contributed by atoms with E-state index < -0.39 is 0 Å². The second-order valence-electron chi connectivity index (χ2n) is 4.03. The molecule has 0 aliphatic rings. The third-order valence-corrected chi connectivity index (χ3v) is 3.75. The standard InChI is InChI=1S/C14H12ClFN2OS/c15-9-2-1-3-11(6-9)18-14(19)8-20-13-7-10(16)4-5-12(13)17/h1-7H,8,17H2,(H,18,19). The molecule has 104 valence electrons. The Balaban J connectivity index is 1.94. The summed E-state index contributed by atoms with van der Waals surface area (Å²) in [6.45, 7) is 0. The monoisotopic (exact) mass is 310 g/mol. The van der Waals surface area contributed by atoms with Crippen LogP contribution in [0.1, 0.15) is 0 Å². The molecule has 0 aromatic heterocycles. The Kier molecular flexibility index (Phi) is 4.87. The molecule has 1 amide bonds. The molecule has 0 unspecified atom stereocenters. The minimum Gasteiger partial charge on any atom is -0.398 e. The van der Waals surface area contributed by atoms with Gasteiger partial charge in [-0.1, -0.05) is 17.7 Å². The first-order valence-corrected chi connectivity index (χ1v) is 7.14. The van der Waals surface area contributed by atoms with Crippen LogP contribution >= 0.6 is 23.4 Å². The number of amides is 1. The topological polar surface area (TPSA) is 55.1 Å². The van der Waals surface area contributed by atoms with E-state index in [4.69, 9.17) is 17.3 Å². The van der Waals surface area contributed by atoms with Crippen LogP contribution in [-0.4, -0.2) is 11.7 Å². The fourth-order valence-electron chi connectivity index (χ4n) is 1.54. The first-order chi connectivity index (χ1) is 9.54. The van der Waals surface area contributed by atoms with Crippen molar-refractivity contribution in [3.63, 3.8) is 0 Å². The average Bonchev–Trinajstić information content (AvgIpc) is 2.40. The van der Waals surface area contributed by atoms with Crippen molar-refractivity contribution in [3.05, 3.63) is 53.3 Å². The summed E-state index contributed by atoms with van der Waals surface area (Å²) in [5, 5.41) is 3.25. The SMILES string of the molecule is Nc1ccc(F)cc1SCC(=O)Nc1cccc(Cl)c1. The van der Waals surface area contributed by atoms with Crippen molar-refractivity contribution in [1.82, 2.24) is 0 Å². The number of carbonyl (C=O) groups excluding carboxylic acids is 1. The lowest BCUT2D eigenvalue weighted by atomic mass is 10.3. The van der Waals surface area contributed by atoms with Gasteiger partial charge in [0.2, 0.25) is 5.91 Å². The van der Waals surface area contributed by atoms with E-state index in [1.165, 1.54) is 30.0 Å². The van der Waals surface area contributed by atoms with Gasteiger partial charge in [-0.25, -0.2) is 4.39 Å². The zero-order valence-corrected chi connectivity index (χ0v) is 12.0. The number of halogens is 2. The summed E-state index contributed by atoms with van der Waals surface area (Å²) in [7, 11) is 0. The largest absolute Gasteiger partial charge is 0.398 e. The number of benzene rings is 2. The molecule has 0 heterocycles. The number of carbonyl (C=O) groups is 1. The number of nitrogens with one attached hydrogen (secondary N) is 1. The molecule has 0 spiro atoms. The summed E-state index contributed by atoms with van der Waals surface area (Å²) in [6, 6.07) is 10.9. The highest BCUT2D eigenvalue weighted by atomic mass is 35.5. The van der Waals surface area contributed by atoms with Crippen LogP contribution in [0.25, 0.3) is 0 Å². The molecule has 0 fully saturated rings. The van der Waals surface area contributed by atoms with Gasteiger partial charge in [0, 0.05) is 21.3 Å². The number of thioether (sulfide) groups is 1. The Labute approximate surface area is 125 Å². The van der Waals surface area contributed by atoms with Crippen LogP contribution in [0.3, 0.4) is 0 Å². The van der Waals surface area contributed by atoms with Gasteiger partial charge in [-0.3, -0.25) is 4.79 Å². The third kappa shape index (κ3) is 4.15. The van der Waals surface area contributed by atoms with Gasteiger partial charge in [0.25, 0.3) is 0 Å². The lowest BCUT2D eigenvalue weighted by Crippen LogP contribution is -2.14. The second kappa shape index (κ2) is 6.63. The van der Waals surface area contributed by atoms with Gasteiger partial charge in [-0.2, -0.15) is 0 Å². The number of hydrogen-bond donors (Lipinski definition) is 2. The van der Waals surface area contributed by atoms with Crippen LogP contribution in [0.15, 0.2) is 47.4 Å². The Morgan fingerprint density at radius 3 is 2.85 bits per heavy atom. The molecule has 0 saturated carbocycles. The second-order valence-corrected chi connectivity index (χ2v) is 5.48. The minimum atomic E-state index is -0.378. The molecule has 0 aliphatic heterocycles. The fourth-order valence-corrected chi connectivity index (χ4v) is 2.52. The van der Waals surface area contributed by atoms with Crippen LogP contribution in [-0.2, 0) is 4.79 Å². The summed E-state index contributed by atoms with van der Waals surface area (Å²) in [6.07, 6.45) is 0. The van der Waals surface area contributed by atoms with Crippen LogP contribution in [0.4, 0.5) is 15.8 Å². The molecule has 0 saturated heterocycles. The summed E-state index contributed by atoms with van der Waals surface area (Å²) in [4.78, 5) is 12.3. The predicted molar refractivity (Wildman–Crippen MR) is 81.6 cm³/mol. The van der Waals surface area contributed by atoms with E-state index >= 15 is 0 Å². The molecular formula is C14H12ClFN2OS.